The van der Waals surface area contributed by atoms with Crippen molar-refractivity contribution in [1.29, 1.82) is 0 Å². The van der Waals surface area contributed by atoms with Crippen molar-refractivity contribution in [1.82, 2.24) is 9.80 Å². The Bertz CT molecular complexity index is 1180. The van der Waals surface area contributed by atoms with Crippen molar-refractivity contribution in [3.8, 4) is 0 Å². The number of carbonyl (C=O) groups excluding carboxylic acids is 2. The van der Waals surface area contributed by atoms with Gasteiger partial charge in [-0.15, -0.1) is 0 Å². The minimum Gasteiger partial charge on any atom is -0.464 e. The minimum absolute atomic E-state index is 0.0911. The fraction of sp³-hybridized carbons (Fsp3) is 0.357. The monoisotopic (exact) mass is 528 g/mol. The van der Waals surface area contributed by atoms with Crippen molar-refractivity contribution >= 4 is 35.0 Å². The molecule has 1 atom stereocenters. The van der Waals surface area contributed by atoms with Crippen molar-refractivity contribution in [3.63, 3.8) is 0 Å². The maximum atomic E-state index is 13.6. The number of rotatable bonds is 10. The lowest BCUT2D eigenvalue weighted by Crippen LogP contribution is -2.46. The largest absolute Gasteiger partial charge is 0.464 e. The summed E-state index contributed by atoms with van der Waals surface area (Å²) >= 11 is 12.4. The number of furan rings is 1. The van der Waals surface area contributed by atoms with E-state index in [1.165, 1.54) is 11.0 Å². The maximum absolute atomic E-state index is 13.6. The van der Waals surface area contributed by atoms with E-state index in [0.29, 0.717) is 49.0 Å². The first-order valence-electron chi connectivity index (χ1n) is 12.1. The Hall–Kier alpha value is -2.80. The summed E-state index contributed by atoms with van der Waals surface area (Å²) in [7, 11) is 0. The number of hydrogen-bond donors (Lipinski definition) is 0. The lowest BCUT2D eigenvalue weighted by molar-refractivity contribution is -0.133. The van der Waals surface area contributed by atoms with Crippen LogP contribution in [0.3, 0.4) is 0 Å². The Morgan fingerprint density at radius 1 is 1.03 bits per heavy atom. The van der Waals surface area contributed by atoms with Crippen LogP contribution < -0.4 is 0 Å². The highest BCUT2D eigenvalue weighted by atomic mass is 35.5. The topological polar surface area (TPSA) is 63.0 Å². The van der Waals surface area contributed by atoms with Gasteiger partial charge in [-0.05, 0) is 62.1 Å². The Morgan fingerprint density at radius 3 is 2.50 bits per heavy atom. The Morgan fingerprint density at radius 2 is 1.83 bits per heavy atom. The van der Waals surface area contributed by atoms with Crippen molar-refractivity contribution in [2.24, 2.45) is 0 Å². The molecule has 0 unspecified atom stereocenters. The molecule has 0 saturated carbocycles. The number of nitrogens with zero attached hydrogens (tertiary/aromatic N) is 2. The lowest BCUT2D eigenvalue weighted by Gasteiger charge is -2.29. The molecule has 6 nitrogen and oxygen atoms in total. The molecule has 1 fully saturated rings. The van der Waals surface area contributed by atoms with Crippen LogP contribution in [-0.4, -0.2) is 54.0 Å². The van der Waals surface area contributed by atoms with Crippen LogP contribution in [0.4, 0.5) is 0 Å². The lowest BCUT2D eigenvalue weighted by atomic mass is 10.1. The molecule has 1 aliphatic rings. The number of benzene rings is 2. The molecule has 1 aliphatic heterocycles. The van der Waals surface area contributed by atoms with E-state index in [2.05, 4.69) is 0 Å². The highest BCUT2D eigenvalue weighted by Crippen LogP contribution is 2.24. The zero-order valence-corrected chi connectivity index (χ0v) is 21.8. The van der Waals surface area contributed by atoms with Crippen LogP contribution in [0.5, 0.6) is 0 Å². The van der Waals surface area contributed by atoms with Crippen LogP contribution in [0.25, 0.3) is 0 Å². The van der Waals surface area contributed by atoms with Gasteiger partial charge in [-0.1, -0.05) is 53.5 Å². The molecule has 0 bridgehead atoms. The van der Waals surface area contributed by atoms with E-state index in [-0.39, 0.29) is 29.5 Å². The fourth-order valence-electron chi connectivity index (χ4n) is 4.31. The normalized spacial score (nSPS) is 15.1. The van der Waals surface area contributed by atoms with Crippen LogP contribution in [0.1, 0.15) is 40.3 Å². The molecule has 2 heterocycles. The number of halogens is 2. The smallest absolute Gasteiger partial charge is 0.255 e. The first-order chi connectivity index (χ1) is 17.4. The fourth-order valence-corrected chi connectivity index (χ4v) is 4.80. The van der Waals surface area contributed by atoms with Crippen LogP contribution in [-0.2, 0) is 22.5 Å². The summed E-state index contributed by atoms with van der Waals surface area (Å²) in [5, 5.41) is 0.698. The van der Waals surface area contributed by atoms with Gasteiger partial charge in [0.25, 0.3) is 5.91 Å². The van der Waals surface area contributed by atoms with Crippen LogP contribution in [0.15, 0.2) is 65.1 Å². The molecule has 1 aromatic heterocycles. The van der Waals surface area contributed by atoms with Gasteiger partial charge in [-0.25, -0.2) is 0 Å². The predicted octanol–water partition coefficient (Wildman–Crippen LogP) is 5.79. The molecule has 0 radical (unpaired) electrons. The van der Waals surface area contributed by atoms with E-state index in [0.717, 1.165) is 24.2 Å². The van der Waals surface area contributed by atoms with Gasteiger partial charge in [-0.3, -0.25) is 9.59 Å². The summed E-state index contributed by atoms with van der Waals surface area (Å²) in [6.45, 7) is 3.57. The summed E-state index contributed by atoms with van der Waals surface area (Å²) in [6.07, 6.45) is 2.35. The predicted molar refractivity (Wildman–Crippen MR) is 140 cm³/mol. The Labute approximate surface area is 221 Å². The maximum Gasteiger partial charge on any atom is 0.255 e. The molecule has 4 rings (SSSR count). The summed E-state index contributed by atoms with van der Waals surface area (Å²) in [4.78, 5) is 30.4. The molecular formula is C28H30Cl2N2O4. The molecular weight excluding hydrogens is 499 g/mol. The molecule has 1 saturated heterocycles. The van der Waals surface area contributed by atoms with E-state index in [4.69, 9.17) is 32.4 Å². The van der Waals surface area contributed by atoms with Gasteiger partial charge >= 0.3 is 0 Å². The second kappa shape index (κ2) is 12.4. The number of hydrogen-bond acceptors (Lipinski definition) is 4. The SMILES string of the molecule is Cc1ccc(CN(CCc2ccccc2)C(=O)CN(C[C@H]2CCCO2)C(=O)c2ccc(Cl)cc2Cl)o1. The average Bonchev–Trinajstić information content (AvgIpc) is 3.53. The van der Waals surface area contributed by atoms with Crippen molar-refractivity contribution in [2.45, 2.75) is 38.8 Å². The van der Waals surface area contributed by atoms with Crippen LogP contribution in [0, 0.1) is 6.92 Å². The molecule has 0 N–H and O–H groups in total. The van der Waals surface area contributed by atoms with Crippen molar-refractivity contribution in [3.05, 3.63) is 93.4 Å². The summed E-state index contributed by atoms with van der Waals surface area (Å²) in [5.41, 5.74) is 1.44. The highest BCUT2D eigenvalue weighted by Gasteiger charge is 2.28. The molecule has 36 heavy (non-hydrogen) atoms. The standard InChI is InChI=1S/C28H30Cl2N2O4/c1-20-9-11-24(36-20)18-31(14-13-21-6-3-2-4-7-21)27(33)19-32(17-23-8-5-15-35-23)28(34)25-12-10-22(29)16-26(25)30/h2-4,6-7,9-12,16,23H,5,8,13-15,17-19H2,1H3/t23-/m1/s1. The summed E-state index contributed by atoms with van der Waals surface area (Å²) < 4.78 is 11.5. The first-order valence-corrected chi connectivity index (χ1v) is 12.9. The third kappa shape index (κ3) is 7.12. The van der Waals surface area contributed by atoms with Crippen LogP contribution in [0.2, 0.25) is 10.0 Å². The average molecular weight is 529 g/mol. The molecule has 0 spiro atoms. The van der Waals surface area contributed by atoms with Gasteiger partial charge in [0.1, 0.15) is 18.1 Å². The number of carbonyl (C=O) groups is 2. The minimum atomic E-state index is -0.322. The second-order valence-electron chi connectivity index (χ2n) is 9.01. The molecule has 3 aromatic rings. The third-order valence-corrected chi connectivity index (χ3v) is 6.78. The zero-order valence-electron chi connectivity index (χ0n) is 20.3. The third-order valence-electron chi connectivity index (χ3n) is 6.23. The van der Waals surface area contributed by atoms with Gasteiger partial charge < -0.3 is 19.0 Å². The first kappa shape index (κ1) is 26.3. The number of aryl methyl sites for hydroxylation is 1. The quantitative estimate of drug-likeness (QED) is 0.334. The zero-order chi connectivity index (χ0) is 25.5. The van der Waals surface area contributed by atoms with E-state index < -0.39 is 0 Å². The van der Waals surface area contributed by atoms with Gasteiger partial charge in [0.15, 0.2) is 0 Å². The molecule has 0 aliphatic carbocycles. The number of ether oxygens (including phenoxy) is 1. The van der Waals surface area contributed by atoms with E-state index in [1.54, 1.807) is 17.0 Å². The van der Waals surface area contributed by atoms with Crippen molar-refractivity contribution < 1.29 is 18.7 Å². The van der Waals surface area contributed by atoms with Gasteiger partial charge in [0, 0.05) is 24.7 Å². The Balaban J connectivity index is 1.54. The highest BCUT2D eigenvalue weighted by molar-refractivity contribution is 6.36. The van der Waals surface area contributed by atoms with Crippen LogP contribution >= 0.6 is 23.2 Å². The molecule has 2 aromatic carbocycles. The van der Waals surface area contributed by atoms with Gasteiger partial charge in [-0.2, -0.15) is 0 Å². The van der Waals surface area contributed by atoms with Crippen molar-refractivity contribution in [2.75, 3.05) is 26.2 Å². The molecule has 2 amide bonds. The second-order valence-corrected chi connectivity index (χ2v) is 9.85. The van der Waals surface area contributed by atoms with Gasteiger partial charge in [0.05, 0.1) is 23.2 Å². The Kier molecular flexibility index (Phi) is 9.08. The molecule has 8 heteroatoms. The molecule has 190 valence electrons. The van der Waals surface area contributed by atoms with E-state index in [9.17, 15) is 9.59 Å². The summed E-state index contributed by atoms with van der Waals surface area (Å²) in [5.74, 6) is 0.994. The number of amides is 2. The van der Waals surface area contributed by atoms with E-state index >= 15 is 0 Å². The van der Waals surface area contributed by atoms with E-state index in [1.807, 2.05) is 49.4 Å². The summed E-state index contributed by atoms with van der Waals surface area (Å²) in [6, 6.07) is 18.5. The van der Waals surface area contributed by atoms with Gasteiger partial charge in [0.2, 0.25) is 5.91 Å².